The van der Waals surface area contributed by atoms with Gasteiger partial charge in [0.2, 0.25) is 0 Å². The van der Waals surface area contributed by atoms with Crippen LogP contribution < -0.4 is 68.9 Å². The van der Waals surface area contributed by atoms with Crippen molar-refractivity contribution in [3.63, 3.8) is 0 Å². The Bertz CT molecular complexity index is 469. The third-order valence-electron chi connectivity index (χ3n) is 2.45. The van der Waals surface area contributed by atoms with Gasteiger partial charge in [-0.3, -0.25) is 0 Å². The maximum atomic E-state index is 13.0. The first-order valence-electron chi connectivity index (χ1n) is 4.72. The standard InChI is InChI=1S/C9H9BFO5.2Na/c11-6-3-5-1-2-10(14,15)16-8(5)7(4-6)9(12)13;;/h3-4,14-15H,1-2H2,(H,12,13);;/q-1;2*+1/p-1. The minimum absolute atomic E-state index is 0. The Labute approximate surface area is 147 Å². The summed E-state index contributed by atoms with van der Waals surface area (Å²) in [6.45, 7) is -3.06. The Balaban J connectivity index is 0.00000144. The molecule has 0 unspecified atom stereocenters. The molecule has 0 amide bonds. The maximum Gasteiger partial charge on any atom is 1.00 e. The second-order valence-corrected chi connectivity index (χ2v) is 3.74. The van der Waals surface area contributed by atoms with Gasteiger partial charge in [-0.2, -0.15) is 0 Å². The molecule has 0 spiro atoms. The van der Waals surface area contributed by atoms with E-state index < -0.39 is 24.1 Å². The molecule has 2 rings (SSSR count). The number of halogens is 1. The molecule has 9 heteroatoms. The molecule has 1 heterocycles. The number of carboxylic acids is 1. The Morgan fingerprint density at radius 2 is 2.00 bits per heavy atom. The predicted octanol–water partition coefficient (Wildman–Crippen LogP) is -6.94. The molecule has 1 aliphatic rings. The molecule has 0 atom stereocenters. The van der Waals surface area contributed by atoms with Gasteiger partial charge in [-0.05, 0) is 24.1 Å². The number of rotatable bonds is 1. The molecule has 18 heavy (non-hydrogen) atoms. The zero-order chi connectivity index (χ0) is 11.9. The summed E-state index contributed by atoms with van der Waals surface area (Å²) in [5.74, 6) is -2.57. The molecule has 0 saturated carbocycles. The second-order valence-electron chi connectivity index (χ2n) is 3.74. The largest absolute Gasteiger partial charge is 1.00 e. The zero-order valence-electron chi connectivity index (χ0n) is 10.1. The monoisotopic (exact) mass is 272 g/mol. The summed E-state index contributed by atoms with van der Waals surface area (Å²) in [4.78, 5) is 10.7. The molecule has 2 N–H and O–H groups in total. The Morgan fingerprint density at radius 3 is 2.56 bits per heavy atom. The van der Waals surface area contributed by atoms with Gasteiger partial charge in [0.15, 0.2) is 0 Å². The van der Waals surface area contributed by atoms with Gasteiger partial charge >= 0.3 is 65.9 Å². The summed E-state index contributed by atoms with van der Waals surface area (Å²) >= 11 is 0. The van der Waals surface area contributed by atoms with E-state index in [4.69, 9.17) is 4.65 Å². The van der Waals surface area contributed by atoms with Crippen molar-refractivity contribution in [2.45, 2.75) is 12.7 Å². The van der Waals surface area contributed by atoms with Crippen molar-refractivity contribution in [2.75, 3.05) is 0 Å². The van der Waals surface area contributed by atoms with E-state index in [9.17, 15) is 24.3 Å². The van der Waals surface area contributed by atoms with Crippen LogP contribution >= 0.6 is 0 Å². The first-order chi connectivity index (χ1) is 7.39. The van der Waals surface area contributed by atoms with Crippen molar-refractivity contribution >= 4 is 12.7 Å². The number of fused-ring (bicyclic) bond motifs is 1. The minimum Gasteiger partial charge on any atom is -0.669 e. The summed E-state index contributed by atoms with van der Waals surface area (Å²) in [5, 5.41) is 29.3. The van der Waals surface area contributed by atoms with Crippen molar-refractivity contribution in [2.24, 2.45) is 0 Å². The first kappa shape index (κ1) is 18.4. The molecule has 1 aromatic rings. The quantitative estimate of drug-likeness (QED) is 0.496. The Hall–Kier alpha value is 0.405. The summed E-state index contributed by atoms with van der Waals surface area (Å²) in [7, 11) is 0. The Kier molecular flexibility index (Phi) is 6.87. The normalized spacial score (nSPS) is 15.5. The minimum atomic E-state index is -3.06. The van der Waals surface area contributed by atoms with E-state index in [0.29, 0.717) is 5.56 Å². The molecule has 0 radical (unpaired) electrons. The molecule has 0 aliphatic carbocycles. The van der Waals surface area contributed by atoms with E-state index in [1.807, 2.05) is 0 Å². The first-order valence-corrected chi connectivity index (χ1v) is 4.72. The number of aromatic carboxylic acids is 1. The van der Waals surface area contributed by atoms with Gasteiger partial charge in [0, 0.05) is 5.56 Å². The Morgan fingerprint density at radius 1 is 1.39 bits per heavy atom. The molecule has 5 nitrogen and oxygen atoms in total. The van der Waals surface area contributed by atoms with Crippen LogP contribution in [0.4, 0.5) is 4.39 Å². The van der Waals surface area contributed by atoms with Crippen LogP contribution in [-0.4, -0.2) is 22.8 Å². The molecule has 1 aromatic carbocycles. The van der Waals surface area contributed by atoms with Crippen LogP contribution in [-0.2, 0) is 6.42 Å². The van der Waals surface area contributed by atoms with Gasteiger partial charge in [0.05, 0.1) is 11.7 Å². The van der Waals surface area contributed by atoms with Crippen LogP contribution in [0.15, 0.2) is 12.1 Å². The van der Waals surface area contributed by atoms with E-state index in [1.54, 1.807) is 0 Å². The fraction of sp³-hybridized carbons (Fsp3) is 0.222. The van der Waals surface area contributed by atoms with Crippen molar-refractivity contribution in [1.82, 2.24) is 0 Å². The van der Waals surface area contributed by atoms with Crippen LogP contribution in [0.2, 0.25) is 6.32 Å². The van der Waals surface area contributed by atoms with Gasteiger partial charge < -0.3 is 24.6 Å². The summed E-state index contributed by atoms with van der Waals surface area (Å²) in [6, 6.07) is 1.83. The molecule has 86 valence electrons. The van der Waals surface area contributed by atoms with Crippen molar-refractivity contribution in [1.29, 1.82) is 0 Å². The number of carboxylic acid groups (broad SMARTS) is 1. The van der Waals surface area contributed by atoms with Crippen LogP contribution in [0.25, 0.3) is 0 Å². The number of hydrogen-bond donors (Lipinski definition) is 2. The van der Waals surface area contributed by atoms with E-state index in [1.165, 1.54) is 0 Å². The van der Waals surface area contributed by atoms with E-state index in [2.05, 4.69) is 0 Å². The van der Waals surface area contributed by atoms with Crippen LogP contribution in [0, 0.1) is 5.82 Å². The topological polar surface area (TPSA) is 89.8 Å². The SMILES string of the molecule is O=C([O-])c1cc(F)cc2c1O[B-](O)(O)CC2.[Na+].[Na+]. The third-order valence-corrected chi connectivity index (χ3v) is 2.45. The number of carbonyl (C=O) groups is 1. The van der Waals surface area contributed by atoms with Gasteiger partial charge in [0.1, 0.15) is 5.82 Å². The zero-order valence-corrected chi connectivity index (χ0v) is 14.1. The average molecular weight is 272 g/mol. The summed E-state index contributed by atoms with van der Waals surface area (Å²) in [5.41, 5.74) is -0.219. The van der Waals surface area contributed by atoms with E-state index in [0.717, 1.165) is 12.1 Å². The van der Waals surface area contributed by atoms with Gasteiger partial charge in [-0.15, -0.1) is 0 Å². The van der Waals surface area contributed by atoms with Crippen molar-refractivity contribution in [3.05, 3.63) is 29.1 Å². The van der Waals surface area contributed by atoms with Crippen LogP contribution in [0.5, 0.6) is 5.75 Å². The average Bonchev–Trinajstić information content (AvgIpc) is 2.16. The predicted molar refractivity (Wildman–Crippen MR) is 50.1 cm³/mol. The van der Waals surface area contributed by atoms with Crippen molar-refractivity contribution < 1.29 is 88.1 Å². The molecule has 1 aliphatic heterocycles. The van der Waals surface area contributed by atoms with Crippen molar-refractivity contribution in [3.8, 4) is 5.75 Å². The van der Waals surface area contributed by atoms with E-state index in [-0.39, 0.29) is 77.6 Å². The fourth-order valence-electron chi connectivity index (χ4n) is 1.72. The number of carbonyl (C=O) groups excluding carboxylic acids is 1. The molecular formula is C9H8BFNa2O5. The second kappa shape index (κ2) is 6.72. The summed E-state index contributed by atoms with van der Waals surface area (Å²) < 4.78 is 17.8. The number of aryl methyl sites for hydroxylation is 1. The molecule has 0 aromatic heterocycles. The smallest absolute Gasteiger partial charge is 0.669 e. The van der Waals surface area contributed by atoms with Crippen LogP contribution in [0.1, 0.15) is 15.9 Å². The third kappa shape index (κ3) is 3.95. The number of benzene rings is 1. The molecule has 0 saturated heterocycles. The van der Waals surface area contributed by atoms with Gasteiger partial charge in [0.25, 0.3) is 0 Å². The maximum absolute atomic E-state index is 13.0. The van der Waals surface area contributed by atoms with E-state index >= 15 is 0 Å². The number of hydrogen-bond acceptors (Lipinski definition) is 5. The van der Waals surface area contributed by atoms with Gasteiger partial charge in [-0.25, -0.2) is 4.39 Å². The molecule has 0 fully saturated rings. The fourth-order valence-corrected chi connectivity index (χ4v) is 1.72. The summed E-state index contributed by atoms with van der Waals surface area (Å²) in [6.07, 6.45) is 0.0450. The van der Waals surface area contributed by atoms with Gasteiger partial charge in [-0.1, -0.05) is 6.32 Å². The molecular weight excluding hydrogens is 264 g/mol. The molecule has 0 bridgehead atoms. The van der Waals surface area contributed by atoms with Crippen LogP contribution in [0.3, 0.4) is 0 Å².